The molecule has 1 saturated heterocycles. The number of anilines is 1. The van der Waals surface area contributed by atoms with Crippen LogP contribution in [-0.4, -0.2) is 25.2 Å². The fourth-order valence-corrected chi connectivity index (χ4v) is 3.35. The number of rotatable bonds is 5. The molecule has 0 radical (unpaired) electrons. The first kappa shape index (κ1) is 17.2. The first-order chi connectivity index (χ1) is 12.1. The molecule has 0 unspecified atom stereocenters. The number of ether oxygens (including phenoxy) is 2. The van der Waals surface area contributed by atoms with Crippen molar-refractivity contribution >= 4 is 5.88 Å². The van der Waals surface area contributed by atoms with Crippen molar-refractivity contribution in [2.45, 2.75) is 26.9 Å². The lowest BCUT2D eigenvalue weighted by Crippen LogP contribution is -2.38. The fourth-order valence-electron chi connectivity index (χ4n) is 3.35. The topological polar surface area (TPSA) is 71.5 Å². The fraction of sp³-hybridized carbons (Fsp3) is 0.474. The molecule has 2 aromatic rings. The van der Waals surface area contributed by atoms with Gasteiger partial charge >= 0.3 is 0 Å². The van der Waals surface area contributed by atoms with Gasteiger partial charge in [-0.2, -0.15) is 10.2 Å². The molecule has 0 spiro atoms. The number of benzene rings is 1. The van der Waals surface area contributed by atoms with Gasteiger partial charge in [0.25, 0.3) is 0 Å². The third kappa shape index (κ3) is 4.05. The van der Waals surface area contributed by atoms with Crippen molar-refractivity contribution in [3.05, 3.63) is 35.9 Å². The van der Waals surface area contributed by atoms with E-state index in [-0.39, 0.29) is 6.61 Å². The Bertz CT molecular complexity index is 738. The first-order valence-electron chi connectivity index (χ1n) is 8.50. The lowest BCUT2D eigenvalue weighted by molar-refractivity contribution is 0.260. The Morgan fingerprint density at radius 1 is 1.20 bits per heavy atom. The van der Waals surface area contributed by atoms with Crippen LogP contribution in [0.15, 0.2) is 28.7 Å². The van der Waals surface area contributed by atoms with E-state index in [2.05, 4.69) is 29.8 Å². The Kier molecular flexibility index (Phi) is 5.13. The van der Waals surface area contributed by atoms with Gasteiger partial charge in [0.05, 0.1) is 7.11 Å². The van der Waals surface area contributed by atoms with E-state index in [0.29, 0.717) is 35.1 Å². The summed E-state index contributed by atoms with van der Waals surface area (Å²) in [6, 6.07) is 9.43. The summed E-state index contributed by atoms with van der Waals surface area (Å²) in [6.45, 7) is 6.39. The predicted octanol–water partition coefficient (Wildman–Crippen LogP) is 3.62. The Balaban J connectivity index is 1.70. The molecular formula is C19H23N3O3. The van der Waals surface area contributed by atoms with Crippen molar-refractivity contribution in [1.29, 1.82) is 5.26 Å². The maximum Gasteiger partial charge on any atom is 0.236 e. The number of nitrogens with zero attached hydrogens (tertiary/aromatic N) is 3. The van der Waals surface area contributed by atoms with Gasteiger partial charge in [-0.05, 0) is 42.5 Å². The zero-order valence-electron chi connectivity index (χ0n) is 14.9. The zero-order valence-corrected chi connectivity index (χ0v) is 14.9. The smallest absolute Gasteiger partial charge is 0.236 e. The minimum absolute atomic E-state index is 0.181. The highest BCUT2D eigenvalue weighted by molar-refractivity contribution is 5.48. The van der Waals surface area contributed by atoms with Crippen LogP contribution in [0.25, 0.3) is 0 Å². The molecule has 0 saturated carbocycles. The summed E-state index contributed by atoms with van der Waals surface area (Å²) in [5, 5.41) is 9.38. The number of nitriles is 1. The minimum atomic E-state index is 0.181. The zero-order chi connectivity index (χ0) is 17.8. The van der Waals surface area contributed by atoms with E-state index in [1.807, 2.05) is 24.3 Å². The summed E-state index contributed by atoms with van der Waals surface area (Å²) < 4.78 is 16.7. The van der Waals surface area contributed by atoms with Crippen LogP contribution in [0.5, 0.6) is 11.5 Å². The molecule has 1 aromatic heterocycles. The molecule has 25 heavy (non-hydrogen) atoms. The molecule has 0 bridgehead atoms. The lowest BCUT2D eigenvalue weighted by atomic mass is 9.92. The van der Waals surface area contributed by atoms with Crippen LogP contribution in [0.3, 0.4) is 0 Å². The second-order valence-corrected chi connectivity index (χ2v) is 6.69. The van der Waals surface area contributed by atoms with E-state index in [9.17, 15) is 5.26 Å². The summed E-state index contributed by atoms with van der Waals surface area (Å²) in [5.74, 6) is 3.58. The summed E-state index contributed by atoms with van der Waals surface area (Å²) in [7, 11) is 1.62. The molecule has 0 N–H and O–H groups in total. The standard InChI is InChI=1S/C19H23N3O3/c1-13-8-14(2)11-22(10-13)19-17(9-20)21-18(25-19)12-24-16-6-4-15(23-3)5-7-16/h4-7,13-14H,8,10-12H2,1-3H3/t13-,14-/m0/s1. The van der Waals surface area contributed by atoms with Crippen LogP contribution in [0.1, 0.15) is 31.9 Å². The molecule has 0 aliphatic carbocycles. The van der Waals surface area contributed by atoms with E-state index < -0.39 is 0 Å². The molecule has 1 fully saturated rings. The molecule has 2 heterocycles. The minimum Gasteiger partial charge on any atom is -0.497 e. The van der Waals surface area contributed by atoms with Crippen molar-refractivity contribution in [2.24, 2.45) is 11.8 Å². The van der Waals surface area contributed by atoms with E-state index >= 15 is 0 Å². The van der Waals surface area contributed by atoms with Crippen LogP contribution in [0, 0.1) is 23.2 Å². The van der Waals surface area contributed by atoms with Crippen molar-refractivity contribution in [1.82, 2.24) is 4.98 Å². The van der Waals surface area contributed by atoms with Crippen LogP contribution < -0.4 is 14.4 Å². The van der Waals surface area contributed by atoms with E-state index in [1.54, 1.807) is 7.11 Å². The van der Waals surface area contributed by atoms with Gasteiger partial charge in [0, 0.05) is 13.1 Å². The van der Waals surface area contributed by atoms with E-state index in [0.717, 1.165) is 18.8 Å². The SMILES string of the molecule is COc1ccc(OCc2nc(C#N)c(N3C[C@@H](C)C[C@H](C)C3)o2)cc1. The van der Waals surface area contributed by atoms with Crippen molar-refractivity contribution in [3.63, 3.8) is 0 Å². The Hall–Kier alpha value is -2.68. The quantitative estimate of drug-likeness (QED) is 0.827. The van der Waals surface area contributed by atoms with E-state index in [1.165, 1.54) is 6.42 Å². The van der Waals surface area contributed by atoms with Crippen molar-refractivity contribution in [3.8, 4) is 17.6 Å². The Morgan fingerprint density at radius 2 is 1.84 bits per heavy atom. The predicted molar refractivity (Wildman–Crippen MR) is 93.7 cm³/mol. The van der Waals surface area contributed by atoms with Crippen molar-refractivity contribution < 1.29 is 13.9 Å². The molecule has 6 heteroatoms. The second-order valence-electron chi connectivity index (χ2n) is 6.69. The molecule has 0 amide bonds. The molecule has 1 aliphatic heterocycles. The van der Waals surface area contributed by atoms with Crippen molar-refractivity contribution in [2.75, 3.05) is 25.1 Å². The van der Waals surface area contributed by atoms with Crippen LogP contribution >= 0.6 is 0 Å². The molecule has 132 valence electrons. The van der Waals surface area contributed by atoms with Crippen LogP contribution in [0.4, 0.5) is 5.88 Å². The van der Waals surface area contributed by atoms with Gasteiger partial charge in [-0.25, -0.2) is 0 Å². The third-order valence-corrected chi connectivity index (χ3v) is 4.34. The number of aromatic nitrogens is 1. The molecule has 6 nitrogen and oxygen atoms in total. The second kappa shape index (κ2) is 7.47. The van der Waals surface area contributed by atoms with Crippen LogP contribution in [0.2, 0.25) is 0 Å². The lowest BCUT2D eigenvalue weighted by Gasteiger charge is -2.34. The van der Waals surface area contributed by atoms with Gasteiger partial charge in [0.1, 0.15) is 17.6 Å². The van der Waals surface area contributed by atoms with Gasteiger partial charge in [0.2, 0.25) is 17.5 Å². The van der Waals surface area contributed by atoms with Gasteiger partial charge in [0.15, 0.2) is 6.61 Å². The summed E-state index contributed by atoms with van der Waals surface area (Å²) in [5.41, 5.74) is 0.328. The molecule has 3 rings (SSSR count). The monoisotopic (exact) mass is 341 g/mol. The maximum absolute atomic E-state index is 9.38. The highest BCUT2D eigenvalue weighted by atomic mass is 16.5. The summed E-state index contributed by atoms with van der Waals surface area (Å²) >= 11 is 0. The molecular weight excluding hydrogens is 318 g/mol. The number of oxazole rings is 1. The van der Waals surface area contributed by atoms with Gasteiger partial charge < -0.3 is 18.8 Å². The average molecular weight is 341 g/mol. The number of methoxy groups -OCH3 is 1. The number of hydrogen-bond acceptors (Lipinski definition) is 6. The van der Waals surface area contributed by atoms with Gasteiger partial charge in [-0.15, -0.1) is 0 Å². The van der Waals surface area contributed by atoms with Crippen LogP contribution in [-0.2, 0) is 6.61 Å². The normalized spacial score (nSPS) is 20.2. The molecule has 1 aliphatic rings. The molecule has 2 atom stereocenters. The van der Waals surface area contributed by atoms with Gasteiger partial charge in [-0.1, -0.05) is 13.8 Å². The summed E-state index contributed by atoms with van der Waals surface area (Å²) in [4.78, 5) is 6.41. The number of piperidine rings is 1. The molecule has 1 aromatic carbocycles. The average Bonchev–Trinajstić information content (AvgIpc) is 3.03. The van der Waals surface area contributed by atoms with E-state index in [4.69, 9.17) is 13.9 Å². The largest absolute Gasteiger partial charge is 0.497 e. The van der Waals surface area contributed by atoms with Gasteiger partial charge in [-0.3, -0.25) is 0 Å². The highest BCUT2D eigenvalue weighted by Crippen LogP contribution is 2.29. The summed E-state index contributed by atoms with van der Waals surface area (Å²) in [6.07, 6.45) is 1.19. The number of hydrogen-bond donors (Lipinski definition) is 0. The first-order valence-corrected chi connectivity index (χ1v) is 8.50. The Morgan fingerprint density at radius 3 is 2.44 bits per heavy atom. The Labute approximate surface area is 148 Å². The highest BCUT2D eigenvalue weighted by Gasteiger charge is 2.27. The third-order valence-electron chi connectivity index (χ3n) is 4.34. The maximum atomic E-state index is 9.38.